The number of carboxylic acid groups (broad SMARTS) is 1. The van der Waals surface area contributed by atoms with Crippen LogP contribution in [0.3, 0.4) is 0 Å². The quantitative estimate of drug-likeness (QED) is 0.729. The molecule has 96 valence electrons. The van der Waals surface area contributed by atoms with Gasteiger partial charge in [-0.3, -0.25) is 4.79 Å². The van der Waals surface area contributed by atoms with Gasteiger partial charge in [-0.05, 0) is 24.6 Å². The van der Waals surface area contributed by atoms with E-state index in [1.807, 2.05) is 0 Å². The molecule has 0 bridgehead atoms. The lowest BCUT2D eigenvalue weighted by Crippen LogP contribution is -2.22. The summed E-state index contributed by atoms with van der Waals surface area (Å²) in [5.41, 5.74) is 0.431. The number of Topliss-reactive ketones (excluding diaryl/α,β-unsaturated/α-hetero) is 1. The van der Waals surface area contributed by atoms with E-state index < -0.39 is 5.97 Å². The van der Waals surface area contributed by atoms with E-state index in [2.05, 4.69) is 0 Å². The van der Waals surface area contributed by atoms with Gasteiger partial charge in [0.25, 0.3) is 0 Å². The minimum absolute atomic E-state index is 0.0675. The first kappa shape index (κ1) is 12.4. The van der Waals surface area contributed by atoms with Crippen molar-refractivity contribution in [2.45, 2.75) is 19.3 Å². The third-order valence-corrected chi connectivity index (χ3v) is 2.63. The van der Waals surface area contributed by atoms with E-state index >= 15 is 0 Å². The molecule has 1 aromatic carbocycles. The van der Waals surface area contributed by atoms with Gasteiger partial charge in [-0.1, -0.05) is 0 Å². The van der Waals surface area contributed by atoms with Gasteiger partial charge in [0.05, 0.1) is 13.2 Å². The van der Waals surface area contributed by atoms with Crippen molar-refractivity contribution in [2.75, 3.05) is 13.2 Å². The maximum absolute atomic E-state index is 11.7. The molecule has 0 aliphatic carbocycles. The van der Waals surface area contributed by atoms with Gasteiger partial charge in [-0.15, -0.1) is 0 Å². The van der Waals surface area contributed by atoms with Gasteiger partial charge >= 0.3 is 0 Å². The Hall–Kier alpha value is -2.04. The summed E-state index contributed by atoms with van der Waals surface area (Å²) in [6.07, 6.45) is 0.456. The number of ether oxygens (including phenoxy) is 2. The number of carbonyl (C=O) groups excluding carboxylic acids is 2. The second-order valence-corrected chi connectivity index (χ2v) is 4.01. The Morgan fingerprint density at radius 1 is 1.11 bits per heavy atom. The van der Waals surface area contributed by atoms with E-state index in [-0.39, 0.29) is 18.6 Å². The summed E-state index contributed by atoms with van der Waals surface area (Å²) in [7, 11) is 0. The first-order valence-corrected chi connectivity index (χ1v) is 5.79. The van der Waals surface area contributed by atoms with Crippen molar-refractivity contribution < 1.29 is 24.2 Å². The summed E-state index contributed by atoms with van der Waals surface area (Å²) in [5, 5.41) is 10.3. The number of rotatable bonds is 4. The highest BCUT2D eigenvalue weighted by atomic mass is 16.5. The summed E-state index contributed by atoms with van der Waals surface area (Å²) < 4.78 is 10.9. The van der Waals surface area contributed by atoms with Crippen molar-refractivity contribution >= 4 is 11.8 Å². The lowest BCUT2D eigenvalue weighted by molar-refractivity contribution is -0.305. The van der Waals surface area contributed by atoms with Gasteiger partial charge in [0.1, 0.15) is 0 Å². The highest BCUT2D eigenvalue weighted by Gasteiger charge is 2.13. The highest BCUT2D eigenvalue weighted by Crippen LogP contribution is 2.30. The van der Waals surface area contributed by atoms with Crippen LogP contribution in [0.2, 0.25) is 0 Å². The van der Waals surface area contributed by atoms with Gasteiger partial charge in [-0.25, -0.2) is 0 Å². The van der Waals surface area contributed by atoms with Crippen molar-refractivity contribution in [3.8, 4) is 11.5 Å². The van der Waals surface area contributed by atoms with E-state index in [4.69, 9.17) is 9.47 Å². The molecule has 5 nitrogen and oxygen atoms in total. The van der Waals surface area contributed by atoms with Gasteiger partial charge in [0.2, 0.25) is 0 Å². The smallest absolute Gasteiger partial charge is 0.163 e. The number of hydrogen-bond acceptors (Lipinski definition) is 5. The molecule has 0 atom stereocenters. The number of benzene rings is 1. The third-order valence-electron chi connectivity index (χ3n) is 2.63. The number of aliphatic carboxylic acids is 1. The molecule has 0 unspecified atom stereocenters. The van der Waals surface area contributed by atoms with Crippen LogP contribution in [0.4, 0.5) is 0 Å². The Morgan fingerprint density at radius 2 is 1.83 bits per heavy atom. The second-order valence-electron chi connectivity index (χ2n) is 4.01. The van der Waals surface area contributed by atoms with Gasteiger partial charge in [0.15, 0.2) is 17.3 Å². The minimum Gasteiger partial charge on any atom is -0.550 e. The average molecular weight is 249 g/mol. The Morgan fingerprint density at radius 3 is 2.56 bits per heavy atom. The minimum atomic E-state index is -1.22. The third kappa shape index (κ3) is 3.00. The van der Waals surface area contributed by atoms with Crippen molar-refractivity contribution in [3.63, 3.8) is 0 Å². The fraction of sp³-hybridized carbons (Fsp3) is 0.385. The van der Waals surface area contributed by atoms with Crippen LogP contribution in [0.15, 0.2) is 18.2 Å². The van der Waals surface area contributed by atoms with Crippen LogP contribution in [0.1, 0.15) is 29.6 Å². The maximum atomic E-state index is 11.7. The Balaban J connectivity index is 2.12. The van der Waals surface area contributed by atoms with E-state index in [0.717, 1.165) is 6.42 Å². The molecule has 0 amide bonds. The van der Waals surface area contributed by atoms with Crippen molar-refractivity contribution in [1.29, 1.82) is 0 Å². The zero-order valence-corrected chi connectivity index (χ0v) is 9.81. The van der Waals surface area contributed by atoms with Crippen LogP contribution in [-0.4, -0.2) is 25.0 Å². The summed E-state index contributed by atoms with van der Waals surface area (Å²) in [6.45, 7) is 1.13. The van der Waals surface area contributed by atoms with Crippen LogP contribution >= 0.6 is 0 Å². The van der Waals surface area contributed by atoms with Crippen LogP contribution in [0.25, 0.3) is 0 Å². The van der Waals surface area contributed by atoms with Crippen LogP contribution in [0, 0.1) is 0 Å². The molecule has 5 heteroatoms. The molecular weight excluding hydrogens is 236 g/mol. The summed E-state index contributed by atoms with van der Waals surface area (Å²) in [6, 6.07) is 4.89. The fourth-order valence-electron chi connectivity index (χ4n) is 1.70. The summed E-state index contributed by atoms with van der Waals surface area (Å²) in [4.78, 5) is 22.0. The highest BCUT2D eigenvalue weighted by molar-refractivity contribution is 5.97. The molecule has 1 aliphatic heterocycles. The molecule has 0 saturated carbocycles. The predicted octanol–water partition coefficient (Wildman–Crippen LogP) is 0.561. The van der Waals surface area contributed by atoms with Crippen LogP contribution in [0.5, 0.6) is 11.5 Å². The Kier molecular flexibility index (Phi) is 3.82. The molecule has 0 saturated heterocycles. The van der Waals surface area contributed by atoms with Crippen LogP contribution < -0.4 is 14.6 Å². The molecule has 2 rings (SSSR count). The molecule has 18 heavy (non-hydrogen) atoms. The molecule has 0 radical (unpaired) electrons. The molecule has 0 N–H and O–H groups in total. The van der Waals surface area contributed by atoms with E-state index in [1.165, 1.54) is 0 Å². The number of ketones is 1. The van der Waals surface area contributed by atoms with Gasteiger partial charge < -0.3 is 19.4 Å². The van der Waals surface area contributed by atoms with Crippen molar-refractivity contribution in [1.82, 2.24) is 0 Å². The standard InChI is InChI=1S/C13H14O5/c14-10(3-5-13(15)16)9-2-4-11-12(8-9)18-7-1-6-17-11/h2,4,8H,1,3,5-7H2,(H,15,16)/p-1. The predicted molar refractivity (Wildman–Crippen MR) is 60.6 cm³/mol. The number of fused-ring (bicyclic) bond motifs is 1. The summed E-state index contributed by atoms with van der Waals surface area (Å²) >= 11 is 0. The average Bonchev–Trinajstić information content (AvgIpc) is 2.60. The lowest BCUT2D eigenvalue weighted by atomic mass is 10.1. The molecule has 1 aromatic rings. The molecule has 0 spiro atoms. The lowest BCUT2D eigenvalue weighted by Gasteiger charge is -2.09. The first-order valence-electron chi connectivity index (χ1n) is 5.79. The fourth-order valence-corrected chi connectivity index (χ4v) is 1.70. The molecule has 1 aliphatic rings. The first-order chi connectivity index (χ1) is 8.66. The zero-order chi connectivity index (χ0) is 13.0. The number of carboxylic acids is 1. The molecular formula is C13H13O5-. The van der Waals surface area contributed by atoms with Gasteiger partial charge in [0, 0.05) is 24.4 Å². The SMILES string of the molecule is O=C([O-])CCC(=O)c1ccc2c(c1)OCCCO2. The van der Waals surface area contributed by atoms with E-state index in [1.54, 1.807) is 18.2 Å². The normalized spacial score (nSPS) is 13.8. The molecule has 0 aromatic heterocycles. The van der Waals surface area contributed by atoms with Crippen molar-refractivity contribution in [3.05, 3.63) is 23.8 Å². The van der Waals surface area contributed by atoms with E-state index in [9.17, 15) is 14.7 Å². The van der Waals surface area contributed by atoms with E-state index in [0.29, 0.717) is 30.3 Å². The zero-order valence-electron chi connectivity index (χ0n) is 9.81. The largest absolute Gasteiger partial charge is 0.550 e. The monoisotopic (exact) mass is 249 g/mol. The van der Waals surface area contributed by atoms with Gasteiger partial charge in [-0.2, -0.15) is 0 Å². The molecule has 1 heterocycles. The number of carbonyl (C=O) groups is 2. The number of hydrogen-bond donors (Lipinski definition) is 0. The second kappa shape index (κ2) is 5.53. The maximum Gasteiger partial charge on any atom is 0.163 e. The van der Waals surface area contributed by atoms with Crippen molar-refractivity contribution in [2.24, 2.45) is 0 Å². The Bertz CT molecular complexity index is 466. The Labute approximate surface area is 104 Å². The summed E-state index contributed by atoms with van der Waals surface area (Å²) in [5.74, 6) is -0.316. The topological polar surface area (TPSA) is 75.7 Å². The van der Waals surface area contributed by atoms with Crippen LogP contribution in [-0.2, 0) is 4.79 Å². The molecule has 0 fully saturated rings.